The summed E-state index contributed by atoms with van der Waals surface area (Å²) in [6, 6.07) is 13.9. The van der Waals surface area contributed by atoms with Crippen LogP contribution in [0.1, 0.15) is 48.2 Å². The van der Waals surface area contributed by atoms with Crippen LogP contribution >= 0.6 is 0 Å². The highest BCUT2D eigenvalue weighted by Gasteiger charge is 2.33. The number of pyridine rings is 1. The van der Waals surface area contributed by atoms with Crippen LogP contribution in [-0.4, -0.2) is 16.1 Å². The van der Waals surface area contributed by atoms with E-state index in [-0.39, 0.29) is 11.2 Å². The molecule has 0 unspecified atom stereocenters. The number of benzene rings is 1. The molecule has 1 aromatic heterocycles. The van der Waals surface area contributed by atoms with E-state index in [2.05, 4.69) is 34.6 Å². The summed E-state index contributed by atoms with van der Waals surface area (Å²) in [7, 11) is 0. The zero-order chi connectivity index (χ0) is 16.1. The number of nitrogens with zero attached hydrogens (tertiary/aromatic N) is 1. The third-order valence-electron chi connectivity index (χ3n) is 4.51. The molecule has 2 aromatic rings. The van der Waals surface area contributed by atoms with Crippen molar-refractivity contribution in [1.29, 1.82) is 0 Å². The van der Waals surface area contributed by atoms with Gasteiger partial charge in [0.05, 0.1) is 17.4 Å². The maximum atomic E-state index is 11.4. The Morgan fingerprint density at radius 2 is 1.78 bits per heavy atom. The molecular formula is C18H21N3O2. The van der Waals surface area contributed by atoms with Gasteiger partial charge >= 0.3 is 0 Å². The van der Waals surface area contributed by atoms with Gasteiger partial charge in [-0.2, -0.15) is 0 Å². The zero-order valence-corrected chi connectivity index (χ0v) is 13.0. The van der Waals surface area contributed by atoms with Gasteiger partial charge in [-0.3, -0.25) is 10.0 Å². The van der Waals surface area contributed by atoms with E-state index in [0.717, 1.165) is 18.5 Å². The van der Waals surface area contributed by atoms with Crippen LogP contribution in [0.4, 0.5) is 5.69 Å². The van der Waals surface area contributed by atoms with E-state index in [1.807, 2.05) is 12.1 Å². The van der Waals surface area contributed by atoms with Gasteiger partial charge in [-0.15, -0.1) is 0 Å². The van der Waals surface area contributed by atoms with Gasteiger partial charge in [0.25, 0.3) is 5.91 Å². The van der Waals surface area contributed by atoms with Crippen molar-refractivity contribution in [2.24, 2.45) is 0 Å². The molecule has 120 valence electrons. The largest absolute Gasteiger partial charge is 0.374 e. The minimum absolute atomic E-state index is 0.0814. The average molecular weight is 311 g/mol. The lowest BCUT2D eigenvalue weighted by Crippen LogP contribution is -2.37. The van der Waals surface area contributed by atoms with E-state index in [9.17, 15) is 4.79 Å². The molecule has 1 aliphatic rings. The quantitative estimate of drug-likeness (QED) is 0.597. The summed E-state index contributed by atoms with van der Waals surface area (Å²) < 4.78 is 0. The molecule has 1 aromatic carbocycles. The van der Waals surface area contributed by atoms with Crippen molar-refractivity contribution in [3.05, 3.63) is 59.9 Å². The monoisotopic (exact) mass is 311 g/mol. The van der Waals surface area contributed by atoms with E-state index in [0.29, 0.717) is 0 Å². The summed E-state index contributed by atoms with van der Waals surface area (Å²) in [5.74, 6) is -0.605. The molecule has 1 heterocycles. The van der Waals surface area contributed by atoms with Crippen molar-refractivity contribution in [3.8, 4) is 0 Å². The number of anilines is 1. The van der Waals surface area contributed by atoms with Crippen LogP contribution in [0.25, 0.3) is 0 Å². The molecule has 0 saturated heterocycles. The van der Waals surface area contributed by atoms with Gasteiger partial charge in [-0.1, -0.05) is 49.6 Å². The summed E-state index contributed by atoms with van der Waals surface area (Å²) in [6.45, 7) is 0. The van der Waals surface area contributed by atoms with Gasteiger partial charge in [-0.05, 0) is 30.5 Å². The van der Waals surface area contributed by atoms with Crippen LogP contribution in [0.2, 0.25) is 0 Å². The SMILES string of the molecule is O=C(NO)c1ccc(NC2(c3ccccc3)CCCCC2)cn1. The number of nitrogens with one attached hydrogen (secondary N) is 2. The van der Waals surface area contributed by atoms with Gasteiger partial charge in [0, 0.05) is 0 Å². The molecule has 1 aliphatic carbocycles. The van der Waals surface area contributed by atoms with E-state index in [1.165, 1.54) is 24.8 Å². The first-order chi connectivity index (χ1) is 11.2. The van der Waals surface area contributed by atoms with Crippen LogP contribution in [0.15, 0.2) is 48.7 Å². The average Bonchev–Trinajstić information content (AvgIpc) is 2.63. The Labute approximate surface area is 135 Å². The second-order valence-electron chi connectivity index (χ2n) is 6.01. The molecule has 0 atom stereocenters. The zero-order valence-electron chi connectivity index (χ0n) is 13.0. The predicted molar refractivity (Wildman–Crippen MR) is 88.3 cm³/mol. The van der Waals surface area contributed by atoms with Crippen molar-refractivity contribution < 1.29 is 10.0 Å². The number of aromatic nitrogens is 1. The molecule has 3 rings (SSSR count). The summed E-state index contributed by atoms with van der Waals surface area (Å²) in [5.41, 5.74) is 3.87. The smallest absolute Gasteiger partial charge is 0.293 e. The van der Waals surface area contributed by atoms with E-state index < -0.39 is 5.91 Å². The normalized spacial score (nSPS) is 16.6. The van der Waals surface area contributed by atoms with E-state index >= 15 is 0 Å². The first kappa shape index (κ1) is 15.5. The summed E-state index contributed by atoms with van der Waals surface area (Å²) in [4.78, 5) is 15.5. The first-order valence-electron chi connectivity index (χ1n) is 7.98. The minimum atomic E-state index is -0.605. The van der Waals surface area contributed by atoms with Gasteiger partial charge in [-0.25, -0.2) is 10.5 Å². The lowest BCUT2D eigenvalue weighted by molar-refractivity contribution is 0.0701. The molecule has 0 spiro atoms. The number of carbonyl (C=O) groups excluding carboxylic acids is 1. The molecule has 1 saturated carbocycles. The second-order valence-corrected chi connectivity index (χ2v) is 6.01. The van der Waals surface area contributed by atoms with Crippen molar-refractivity contribution >= 4 is 11.6 Å². The highest BCUT2D eigenvalue weighted by Crippen LogP contribution is 2.39. The van der Waals surface area contributed by atoms with Crippen LogP contribution in [0.3, 0.4) is 0 Å². The fraction of sp³-hybridized carbons (Fsp3) is 0.333. The van der Waals surface area contributed by atoms with Gasteiger partial charge in [0.15, 0.2) is 0 Å². The highest BCUT2D eigenvalue weighted by atomic mass is 16.5. The van der Waals surface area contributed by atoms with Crippen molar-refractivity contribution in [1.82, 2.24) is 10.5 Å². The van der Waals surface area contributed by atoms with Gasteiger partial charge in [0.2, 0.25) is 0 Å². The standard InChI is InChI=1S/C18H21N3O2/c22-17(21-23)16-10-9-15(13-19-16)20-18(11-5-2-6-12-18)14-7-3-1-4-8-14/h1,3-4,7-10,13,20,23H,2,5-6,11-12H2,(H,21,22). The Morgan fingerprint density at radius 3 is 2.39 bits per heavy atom. The number of hydroxylamine groups is 1. The lowest BCUT2D eigenvalue weighted by atomic mass is 9.76. The van der Waals surface area contributed by atoms with Crippen molar-refractivity contribution in [2.75, 3.05) is 5.32 Å². The van der Waals surface area contributed by atoms with Crippen molar-refractivity contribution in [2.45, 2.75) is 37.6 Å². The van der Waals surface area contributed by atoms with Crippen LogP contribution < -0.4 is 10.8 Å². The molecule has 3 N–H and O–H groups in total. The lowest BCUT2D eigenvalue weighted by Gasteiger charge is -2.39. The Balaban J connectivity index is 1.86. The Hall–Kier alpha value is -2.40. The van der Waals surface area contributed by atoms with Crippen LogP contribution in [-0.2, 0) is 5.54 Å². The third kappa shape index (κ3) is 3.35. The summed E-state index contributed by atoms with van der Waals surface area (Å²) >= 11 is 0. The number of amides is 1. The van der Waals surface area contributed by atoms with Gasteiger partial charge in [0.1, 0.15) is 5.69 Å². The second kappa shape index (κ2) is 6.79. The Morgan fingerprint density at radius 1 is 1.04 bits per heavy atom. The van der Waals surface area contributed by atoms with Crippen molar-refractivity contribution in [3.63, 3.8) is 0 Å². The molecule has 0 bridgehead atoms. The third-order valence-corrected chi connectivity index (χ3v) is 4.51. The Kier molecular flexibility index (Phi) is 4.57. The highest BCUT2D eigenvalue weighted by molar-refractivity contribution is 5.91. The number of carbonyl (C=O) groups is 1. The molecule has 0 radical (unpaired) electrons. The molecule has 1 fully saturated rings. The fourth-order valence-electron chi connectivity index (χ4n) is 3.33. The summed E-state index contributed by atoms with van der Waals surface area (Å²) in [5, 5.41) is 12.3. The predicted octanol–water partition coefficient (Wildman–Crippen LogP) is 3.47. The van der Waals surface area contributed by atoms with E-state index in [1.54, 1.807) is 17.7 Å². The molecular weight excluding hydrogens is 290 g/mol. The van der Waals surface area contributed by atoms with Crippen LogP contribution in [0, 0.1) is 0 Å². The molecule has 0 aliphatic heterocycles. The maximum absolute atomic E-state index is 11.4. The number of hydrogen-bond acceptors (Lipinski definition) is 4. The molecule has 23 heavy (non-hydrogen) atoms. The fourth-order valence-corrected chi connectivity index (χ4v) is 3.33. The first-order valence-corrected chi connectivity index (χ1v) is 7.98. The minimum Gasteiger partial charge on any atom is -0.374 e. The van der Waals surface area contributed by atoms with Crippen LogP contribution in [0.5, 0.6) is 0 Å². The van der Waals surface area contributed by atoms with Gasteiger partial charge < -0.3 is 5.32 Å². The number of hydrogen-bond donors (Lipinski definition) is 3. The molecule has 5 nitrogen and oxygen atoms in total. The molecule has 5 heteroatoms. The Bertz CT molecular complexity index is 650. The van der Waals surface area contributed by atoms with E-state index in [4.69, 9.17) is 5.21 Å². The maximum Gasteiger partial charge on any atom is 0.293 e. The molecule has 1 amide bonds. The summed E-state index contributed by atoms with van der Waals surface area (Å²) in [6.07, 6.45) is 7.46. The number of rotatable bonds is 4. The topological polar surface area (TPSA) is 74.2 Å².